The zero-order chi connectivity index (χ0) is 31.2. The number of aliphatic imine (C=N–C) groups is 1. The number of carbonyl (C=O) groups excluding carboxylic acids is 2. The van der Waals surface area contributed by atoms with Crippen LogP contribution in [0.1, 0.15) is 57.6 Å². The monoisotopic (exact) mass is 597 g/mol. The first-order valence-electron chi connectivity index (χ1n) is 15.7. The fraction of sp³-hybridized carbons (Fsp3) is 0.471. The number of hydrogen-bond acceptors (Lipinski definition) is 7. The second-order valence-corrected chi connectivity index (χ2v) is 13.1. The summed E-state index contributed by atoms with van der Waals surface area (Å²) in [5.41, 5.74) is 3.14. The molecule has 6 rings (SSSR count). The number of hydrogen-bond donors (Lipinski definition) is 0. The van der Waals surface area contributed by atoms with Gasteiger partial charge in [-0.25, -0.2) is 14.8 Å². The predicted octanol–water partition coefficient (Wildman–Crippen LogP) is 5.33. The van der Waals surface area contributed by atoms with Crippen LogP contribution in [0.2, 0.25) is 0 Å². The maximum Gasteiger partial charge on any atom is 0.410 e. The molecule has 0 N–H and O–H groups in total. The number of anilines is 2. The number of carbonyl (C=O) groups is 2. The van der Waals surface area contributed by atoms with Crippen LogP contribution in [0.5, 0.6) is 0 Å². The maximum absolute atomic E-state index is 13.8. The first kappa shape index (κ1) is 29.7. The minimum absolute atomic E-state index is 0.102. The molecule has 10 heteroatoms. The molecule has 3 aromatic rings. The molecule has 3 aliphatic rings. The molecule has 2 aromatic carbocycles. The van der Waals surface area contributed by atoms with Crippen molar-refractivity contribution in [3.05, 3.63) is 65.9 Å². The average molecular weight is 598 g/mol. The fourth-order valence-electron chi connectivity index (χ4n) is 6.08. The zero-order valence-corrected chi connectivity index (χ0v) is 26.7. The molecule has 1 fully saturated rings. The van der Waals surface area contributed by atoms with Crippen molar-refractivity contribution in [2.24, 2.45) is 10.9 Å². The highest BCUT2D eigenvalue weighted by Gasteiger charge is 2.44. The number of amides is 2. The van der Waals surface area contributed by atoms with Crippen molar-refractivity contribution in [2.75, 3.05) is 49.1 Å². The summed E-state index contributed by atoms with van der Waals surface area (Å²) in [4.78, 5) is 44.4. The molecular formula is C34H43N7O3. The number of imidazole rings is 1. The Morgan fingerprint density at radius 3 is 2.30 bits per heavy atom. The molecule has 3 aliphatic heterocycles. The Bertz CT molecular complexity index is 1550. The van der Waals surface area contributed by atoms with Crippen molar-refractivity contribution in [3.63, 3.8) is 0 Å². The van der Waals surface area contributed by atoms with Gasteiger partial charge < -0.3 is 19.1 Å². The van der Waals surface area contributed by atoms with Crippen LogP contribution in [-0.4, -0.2) is 88.2 Å². The van der Waals surface area contributed by atoms with Gasteiger partial charge >= 0.3 is 6.09 Å². The number of guanidine groups is 1. The van der Waals surface area contributed by atoms with E-state index in [1.165, 1.54) is 0 Å². The average Bonchev–Trinajstić information content (AvgIpc) is 3.60. The van der Waals surface area contributed by atoms with Gasteiger partial charge in [0.2, 0.25) is 5.96 Å². The highest BCUT2D eigenvalue weighted by molar-refractivity contribution is 6.18. The number of piperazine rings is 1. The summed E-state index contributed by atoms with van der Waals surface area (Å²) in [6.07, 6.45) is -0.260. The summed E-state index contributed by atoms with van der Waals surface area (Å²) >= 11 is 0. The van der Waals surface area contributed by atoms with E-state index in [-0.39, 0.29) is 18.0 Å². The molecule has 0 aliphatic carbocycles. The lowest BCUT2D eigenvalue weighted by molar-refractivity contribution is 0.0240. The Kier molecular flexibility index (Phi) is 7.86. The quantitative estimate of drug-likeness (QED) is 0.382. The van der Waals surface area contributed by atoms with E-state index in [4.69, 9.17) is 14.7 Å². The first-order chi connectivity index (χ1) is 21.0. The lowest BCUT2D eigenvalue weighted by atomic mass is 10.1. The smallest absolute Gasteiger partial charge is 0.410 e. The van der Waals surface area contributed by atoms with Crippen LogP contribution in [0.3, 0.4) is 0 Å². The molecule has 232 valence electrons. The van der Waals surface area contributed by atoms with Crippen LogP contribution in [-0.2, 0) is 11.3 Å². The van der Waals surface area contributed by atoms with Gasteiger partial charge in [0, 0.05) is 44.0 Å². The van der Waals surface area contributed by atoms with Gasteiger partial charge in [0.1, 0.15) is 17.2 Å². The van der Waals surface area contributed by atoms with Crippen molar-refractivity contribution in [1.29, 1.82) is 0 Å². The largest absolute Gasteiger partial charge is 0.444 e. The van der Waals surface area contributed by atoms with E-state index in [9.17, 15) is 9.59 Å². The molecule has 0 radical (unpaired) electrons. The van der Waals surface area contributed by atoms with E-state index in [1.807, 2.05) is 45.9 Å². The molecule has 10 nitrogen and oxygen atoms in total. The standard InChI is InChI=1S/C34H43N7O3/c1-7-39-31(42)28-30(41-22-27(23(2)3)35-32(39)41)40(21-24-11-9-8-10-12-24)29(36-28)25-13-15-26(16-14-25)37-17-19-38(20-18-37)33(43)44-34(4,5)6/h8-16,23,27H,7,17-22H2,1-6H3/t27-/m0/s1. The Morgan fingerprint density at radius 2 is 1.68 bits per heavy atom. The summed E-state index contributed by atoms with van der Waals surface area (Å²) in [7, 11) is 0. The lowest BCUT2D eigenvalue weighted by Gasteiger charge is -2.36. The van der Waals surface area contributed by atoms with Gasteiger partial charge in [0.25, 0.3) is 5.91 Å². The fourth-order valence-corrected chi connectivity index (χ4v) is 6.08. The van der Waals surface area contributed by atoms with Crippen molar-refractivity contribution >= 4 is 29.5 Å². The van der Waals surface area contributed by atoms with E-state index in [0.29, 0.717) is 37.8 Å². The highest BCUT2D eigenvalue weighted by Crippen LogP contribution is 2.38. The lowest BCUT2D eigenvalue weighted by Crippen LogP contribution is -2.50. The van der Waals surface area contributed by atoms with Crippen molar-refractivity contribution in [2.45, 2.75) is 59.7 Å². The second kappa shape index (κ2) is 11.6. The highest BCUT2D eigenvalue weighted by atomic mass is 16.6. The Morgan fingerprint density at radius 1 is 1.00 bits per heavy atom. The zero-order valence-electron chi connectivity index (χ0n) is 26.7. The topological polar surface area (TPSA) is 86.5 Å². The van der Waals surface area contributed by atoms with Gasteiger partial charge in [-0.05, 0) is 63.4 Å². The van der Waals surface area contributed by atoms with E-state index in [2.05, 4.69) is 64.6 Å². The van der Waals surface area contributed by atoms with Crippen LogP contribution >= 0.6 is 0 Å². The van der Waals surface area contributed by atoms with Crippen LogP contribution in [0.15, 0.2) is 59.6 Å². The molecule has 0 saturated carbocycles. The van der Waals surface area contributed by atoms with Gasteiger partial charge in [0.15, 0.2) is 5.69 Å². The normalized spacial score (nSPS) is 18.5. The Labute approximate surface area is 259 Å². The summed E-state index contributed by atoms with van der Waals surface area (Å²) in [6.45, 7) is 16.5. The SMILES string of the molecule is CCN1C(=O)c2nc(-c3ccc(N4CCN(C(=O)OC(C)(C)C)CC4)cc3)n(Cc3ccccc3)c2N2C[C@@H](C(C)C)N=C12. The maximum atomic E-state index is 13.8. The molecule has 2 amide bonds. The molecule has 4 heterocycles. The molecule has 1 aromatic heterocycles. The summed E-state index contributed by atoms with van der Waals surface area (Å²) in [6, 6.07) is 18.8. The first-order valence-corrected chi connectivity index (χ1v) is 15.7. The van der Waals surface area contributed by atoms with Crippen molar-refractivity contribution in [3.8, 4) is 11.4 Å². The van der Waals surface area contributed by atoms with E-state index in [1.54, 1.807) is 9.80 Å². The molecule has 0 spiro atoms. The molecule has 0 bridgehead atoms. The Balaban J connectivity index is 1.31. The van der Waals surface area contributed by atoms with Gasteiger partial charge in [-0.15, -0.1) is 0 Å². The number of rotatable bonds is 6. The predicted molar refractivity (Wildman–Crippen MR) is 173 cm³/mol. The van der Waals surface area contributed by atoms with Gasteiger partial charge in [-0.2, -0.15) is 0 Å². The number of nitrogens with zero attached hydrogens (tertiary/aromatic N) is 7. The number of ether oxygens (including phenoxy) is 1. The second-order valence-electron chi connectivity index (χ2n) is 13.1. The minimum Gasteiger partial charge on any atom is -0.444 e. The van der Waals surface area contributed by atoms with Crippen LogP contribution in [0.4, 0.5) is 16.3 Å². The number of fused-ring (bicyclic) bond motifs is 3. The third kappa shape index (κ3) is 5.65. The molecule has 1 atom stereocenters. The minimum atomic E-state index is -0.506. The molecule has 44 heavy (non-hydrogen) atoms. The van der Waals surface area contributed by atoms with Crippen LogP contribution in [0.25, 0.3) is 11.4 Å². The molecule has 1 saturated heterocycles. The third-order valence-corrected chi connectivity index (χ3v) is 8.47. The summed E-state index contributed by atoms with van der Waals surface area (Å²) in [5, 5.41) is 0. The van der Waals surface area contributed by atoms with Crippen molar-refractivity contribution in [1.82, 2.24) is 19.4 Å². The van der Waals surface area contributed by atoms with E-state index >= 15 is 0 Å². The summed E-state index contributed by atoms with van der Waals surface area (Å²) < 4.78 is 7.74. The van der Waals surface area contributed by atoms with Crippen molar-refractivity contribution < 1.29 is 14.3 Å². The molecular weight excluding hydrogens is 554 g/mol. The summed E-state index contributed by atoms with van der Waals surface area (Å²) in [5.74, 6) is 2.57. The number of aromatic nitrogens is 2. The molecule has 0 unspecified atom stereocenters. The van der Waals surface area contributed by atoms with Gasteiger partial charge in [0.05, 0.1) is 19.1 Å². The van der Waals surface area contributed by atoms with Crippen LogP contribution < -0.4 is 9.80 Å². The van der Waals surface area contributed by atoms with Crippen LogP contribution in [0, 0.1) is 5.92 Å². The van der Waals surface area contributed by atoms with Gasteiger partial charge in [-0.3, -0.25) is 14.6 Å². The third-order valence-electron chi connectivity index (χ3n) is 8.47. The number of benzene rings is 2. The Hall–Kier alpha value is -4.34. The van der Waals surface area contributed by atoms with E-state index in [0.717, 1.165) is 54.1 Å². The van der Waals surface area contributed by atoms with Gasteiger partial charge in [-0.1, -0.05) is 44.2 Å². The van der Waals surface area contributed by atoms with E-state index < -0.39 is 5.60 Å².